The third kappa shape index (κ3) is 3.66. The van der Waals surface area contributed by atoms with Gasteiger partial charge in [0.15, 0.2) is 5.82 Å². The van der Waals surface area contributed by atoms with Crippen molar-refractivity contribution in [2.24, 2.45) is 0 Å². The van der Waals surface area contributed by atoms with Crippen molar-refractivity contribution >= 4 is 27.0 Å². The van der Waals surface area contributed by atoms with Gasteiger partial charge in [0.05, 0.1) is 35.5 Å². The highest BCUT2D eigenvalue weighted by molar-refractivity contribution is 9.10. The molecule has 10 heteroatoms. The second-order valence-corrected chi connectivity index (χ2v) is 7.25. The largest absolute Gasteiger partial charge is 0.417 e. The Labute approximate surface area is 170 Å². The minimum atomic E-state index is -4.48. The molecule has 29 heavy (non-hydrogen) atoms. The maximum absolute atomic E-state index is 13.1. The fourth-order valence-electron chi connectivity index (χ4n) is 3.05. The van der Waals surface area contributed by atoms with Crippen LogP contribution in [0.3, 0.4) is 0 Å². The highest BCUT2D eigenvalue weighted by Gasteiger charge is 2.33. The summed E-state index contributed by atoms with van der Waals surface area (Å²) in [5, 5.41) is 25.8. The third-order valence-corrected chi connectivity index (χ3v) is 5.21. The van der Waals surface area contributed by atoms with Gasteiger partial charge in [-0.15, -0.1) is 0 Å². The van der Waals surface area contributed by atoms with E-state index in [0.717, 1.165) is 6.07 Å². The number of H-pyrrole nitrogens is 2. The summed E-state index contributed by atoms with van der Waals surface area (Å²) >= 11 is 2.95. The highest BCUT2D eigenvalue weighted by atomic mass is 79.9. The second-order valence-electron chi connectivity index (χ2n) is 6.40. The summed E-state index contributed by atoms with van der Waals surface area (Å²) in [4.78, 5) is 7.22. The van der Waals surface area contributed by atoms with Gasteiger partial charge in [0.1, 0.15) is 5.69 Å². The Bertz CT molecular complexity index is 1200. The van der Waals surface area contributed by atoms with Crippen LogP contribution in [0.1, 0.15) is 16.7 Å². The van der Waals surface area contributed by atoms with Gasteiger partial charge in [0, 0.05) is 10.0 Å². The number of halogens is 4. The smallest absolute Gasteiger partial charge is 0.392 e. The van der Waals surface area contributed by atoms with Gasteiger partial charge in [0.2, 0.25) is 0 Å². The summed E-state index contributed by atoms with van der Waals surface area (Å²) in [5.41, 5.74) is 2.83. The zero-order valence-electron chi connectivity index (χ0n) is 14.7. The molecule has 0 saturated carbocycles. The van der Waals surface area contributed by atoms with Gasteiger partial charge in [-0.05, 0) is 35.4 Å². The Morgan fingerprint density at radius 3 is 2.45 bits per heavy atom. The first-order valence-electron chi connectivity index (χ1n) is 8.46. The normalized spacial score (nSPS) is 12.1. The second kappa shape index (κ2) is 7.29. The monoisotopic (exact) mass is 466 g/mol. The Hall–Kier alpha value is -2.69. The van der Waals surface area contributed by atoms with Crippen LogP contribution in [-0.2, 0) is 19.4 Å². The van der Waals surface area contributed by atoms with Crippen molar-refractivity contribution in [2.75, 3.05) is 0 Å². The minimum absolute atomic E-state index is 0.0821. The minimum Gasteiger partial charge on any atom is -0.392 e. The lowest BCUT2D eigenvalue weighted by Crippen LogP contribution is -2.05. The maximum atomic E-state index is 13.1. The molecule has 0 amide bonds. The molecule has 0 aliphatic carbocycles. The number of alkyl halides is 3. The molecule has 6 nitrogen and oxygen atoms in total. The fourth-order valence-corrected chi connectivity index (χ4v) is 3.61. The molecule has 0 fully saturated rings. The highest BCUT2D eigenvalue weighted by Crippen LogP contribution is 2.37. The van der Waals surface area contributed by atoms with Crippen molar-refractivity contribution in [1.29, 1.82) is 0 Å². The standard InChI is InChI=1S/C19H14BrF3N4O2/c20-13-5-16-15(4-12(13)19(21,22)23)24-18(25-16)17-6-14(26-27-17)9-1-2-10(7-28)11(3-9)8-29/h1-6,28-29H,7-8H2,(H,24,25)(H,26,27). The van der Waals surface area contributed by atoms with Crippen molar-refractivity contribution in [2.45, 2.75) is 19.4 Å². The predicted octanol–water partition coefficient (Wildman–Crippen LogP) is 4.39. The summed E-state index contributed by atoms with van der Waals surface area (Å²) in [5.74, 6) is 0.347. The van der Waals surface area contributed by atoms with E-state index in [4.69, 9.17) is 0 Å². The van der Waals surface area contributed by atoms with Gasteiger partial charge in [-0.3, -0.25) is 5.10 Å². The number of aromatic amines is 2. The van der Waals surface area contributed by atoms with Crippen LogP contribution in [0.5, 0.6) is 0 Å². The van der Waals surface area contributed by atoms with Crippen molar-refractivity contribution < 1.29 is 23.4 Å². The number of rotatable bonds is 4. The zero-order chi connectivity index (χ0) is 20.8. The van der Waals surface area contributed by atoms with Gasteiger partial charge < -0.3 is 15.2 Å². The number of hydrogen-bond acceptors (Lipinski definition) is 4. The van der Waals surface area contributed by atoms with Crippen molar-refractivity contribution in [3.05, 3.63) is 57.6 Å². The number of benzene rings is 2. The molecule has 2 aromatic heterocycles. The van der Waals surface area contributed by atoms with E-state index in [0.29, 0.717) is 39.4 Å². The zero-order valence-corrected chi connectivity index (χ0v) is 16.3. The van der Waals surface area contributed by atoms with Crippen molar-refractivity contribution in [3.8, 4) is 22.8 Å². The maximum Gasteiger partial charge on any atom is 0.417 e. The fraction of sp³-hybridized carbons (Fsp3) is 0.158. The van der Waals surface area contributed by atoms with E-state index >= 15 is 0 Å². The summed E-state index contributed by atoms with van der Waals surface area (Å²) < 4.78 is 39.2. The summed E-state index contributed by atoms with van der Waals surface area (Å²) in [6, 6.07) is 9.21. The van der Waals surface area contributed by atoms with Crippen LogP contribution in [0.15, 0.2) is 40.9 Å². The van der Waals surface area contributed by atoms with Crippen LogP contribution >= 0.6 is 15.9 Å². The lowest BCUT2D eigenvalue weighted by atomic mass is 10.0. The van der Waals surface area contributed by atoms with Crippen LogP contribution in [0.4, 0.5) is 13.2 Å². The Morgan fingerprint density at radius 2 is 1.76 bits per heavy atom. The molecule has 0 spiro atoms. The topological polar surface area (TPSA) is 97.8 Å². The number of aliphatic hydroxyl groups excluding tert-OH is 2. The molecule has 0 aliphatic heterocycles. The van der Waals surface area contributed by atoms with Crippen molar-refractivity contribution in [3.63, 3.8) is 0 Å². The molecule has 2 aromatic carbocycles. The summed E-state index contributed by atoms with van der Waals surface area (Å²) in [7, 11) is 0. The van der Waals surface area contributed by atoms with Crippen LogP contribution in [0.25, 0.3) is 33.8 Å². The Balaban J connectivity index is 1.72. The van der Waals surface area contributed by atoms with E-state index in [1.54, 1.807) is 24.3 Å². The number of aromatic nitrogens is 4. The van der Waals surface area contributed by atoms with Crippen LogP contribution in [0.2, 0.25) is 0 Å². The van der Waals surface area contributed by atoms with E-state index in [1.165, 1.54) is 6.07 Å². The van der Waals surface area contributed by atoms with Gasteiger partial charge in [-0.1, -0.05) is 28.1 Å². The molecule has 4 aromatic rings. The van der Waals surface area contributed by atoms with E-state index in [1.807, 2.05) is 0 Å². The third-order valence-electron chi connectivity index (χ3n) is 4.55. The quantitative estimate of drug-likeness (QED) is 0.358. The molecular formula is C19H14BrF3N4O2. The molecule has 0 aliphatic rings. The molecule has 2 heterocycles. The number of aliphatic hydroxyl groups is 2. The molecule has 0 atom stereocenters. The van der Waals surface area contributed by atoms with E-state index in [2.05, 4.69) is 36.1 Å². The Morgan fingerprint density at radius 1 is 1.00 bits per heavy atom. The van der Waals surface area contributed by atoms with Crippen LogP contribution < -0.4 is 0 Å². The van der Waals surface area contributed by atoms with Gasteiger partial charge in [-0.2, -0.15) is 18.3 Å². The number of nitrogens with zero attached hydrogens (tertiary/aromatic N) is 2. The molecule has 4 rings (SSSR count). The van der Waals surface area contributed by atoms with Crippen LogP contribution in [0, 0.1) is 0 Å². The first-order valence-corrected chi connectivity index (χ1v) is 9.25. The van der Waals surface area contributed by atoms with Gasteiger partial charge >= 0.3 is 6.18 Å². The van der Waals surface area contributed by atoms with E-state index in [9.17, 15) is 23.4 Å². The lowest BCUT2D eigenvalue weighted by molar-refractivity contribution is -0.138. The molecular weight excluding hydrogens is 453 g/mol. The summed E-state index contributed by atoms with van der Waals surface area (Å²) in [6.45, 7) is -0.405. The van der Waals surface area contributed by atoms with E-state index in [-0.39, 0.29) is 23.2 Å². The Kier molecular flexibility index (Phi) is 4.93. The average molecular weight is 467 g/mol. The number of hydrogen-bond donors (Lipinski definition) is 4. The SMILES string of the molecule is OCc1ccc(-c2cc(-c3nc4cc(Br)c(C(F)(F)F)cc4[nH]3)[nH]n2)cc1CO. The lowest BCUT2D eigenvalue weighted by Gasteiger charge is -2.08. The molecule has 0 bridgehead atoms. The first kappa shape index (κ1) is 19.6. The number of imidazole rings is 1. The average Bonchev–Trinajstić information content (AvgIpc) is 3.32. The van der Waals surface area contributed by atoms with Crippen molar-refractivity contribution in [1.82, 2.24) is 20.2 Å². The number of nitrogens with one attached hydrogen (secondary N) is 2. The van der Waals surface area contributed by atoms with E-state index < -0.39 is 11.7 Å². The molecule has 0 radical (unpaired) electrons. The van der Waals surface area contributed by atoms with Gasteiger partial charge in [-0.25, -0.2) is 4.98 Å². The first-order chi connectivity index (χ1) is 13.8. The molecule has 0 unspecified atom stereocenters. The van der Waals surface area contributed by atoms with Gasteiger partial charge in [0.25, 0.3) is 0 Å². The number of fused-ring (bicyclic) bond motifs is 1. The van der Waals surface area contributed by atoms with Crippen LogP contribution in [-0.4, -0.2) is 30.4 Å². The molecule has 150 valence electrons. The molecule has 0 saturated heterocycles. The molecule has 4 N–H and O–H groups in total. The summed E-state index contributed by atoms with van der Waals surface area (Å²) in [6.07, 6.45) is -4.48. The predicted molar refractivity (Wildman–Crippen MR) is 104 cm³/mol.